The molecule has 78 valence electrons. The highest BCUT2D eigenvalue weighted by atomic mass is 15.2. The molecule has 2 heteroatoms. The van der Waals surface area contributed by atoms with Crippen LogP contribution in [0, 0.1) is 11.3 Å². The molecule has 0 bridgehead atoms. The van der Waals surface area contributed by atoms with Crippen LogP contribution in [-0.4, -0.2) is 31.1 Å². The highest BCUT2D eigenvalue weighted by Gasteiger charge is 2.26. The summed E-state index contributed by atoms with van der Waals surface area (Å²) >= 11 is 0. The fourth-order valence-corrected chi connectivity index (χ4v) is 2.06. The minimum Gasteiger partial charge on any atom is -0.330 e. The van der Waals surface area contributed by atoms with Crippen molar-refractivity contribution in [1.82, 2.24) is 4.90 Å². The first-order chi connectivity index (χ1) is 6.07. The molecule has 0 aromatic heterocycles. The minimum absolute atomic E-state index is 0.294. The van der Waals surface area contributed by atoms with Crippen molar-refractivity contribution in [3.63, 3.8) is 0 Å². The zero-order valence-electron chi connectivity index (χ0n) is 9.34. The van der Waals surface area contributed by atoms with E-state index in [9.17, 15) is 0 Å². The standard InChI is InChI=1S/C11H24N2/c1-4-10-5-6-13(7-10)9-11(2,3)8-12/h10H,4-9,12H2,1-3H3. The fraction of sp³-hybridized carbons (Fsp3) is 1.00. The van der Waals surface area contributed by atoms with Gasteiger partial charge in [-0.25, -0.2) is 0 Å². The monoisotopic (exact) mass is 184 g/mol. The molecule has 0 amide bonds. The van der Waals surface area contributed by atoms with E-state index in [4.69, 9.17) is 5.73 Å². The molecule has 0 aromatic carbocycles. The van der Waals surface area contributed by atoms with E-state index in [1.54, 1.807) is 0 Å². The van der Waals surface area contributed by atoms with Crippen LogP contribution in [0.3, 0.4) is 0 Å². The topological polar surface area (TPSA) is 29.3 Å². The molecule has 1 unspecified atom stereocenters. The Bertz CT molecular complexity index is 154. The number of hydrogen-bond donors (Lipinski definition) is 1. The first-order valence-electron chi connectivity index (χ1n) is 5.50. The van der Waals surface area contributed by atoms with Gasteiger partial charge < -0.3 is 10.6 Å². The Morgan fingerprint density at radius 1 is 1.46 bits per heavy atom. The summed E-state index contributed by atoms with van der Waals surface area (Å²) in [4.78, 5) is 2.57. The van der Waals surface area contributed by atoms with Crippen LogP contribution < -0.4 is 5.73 Å². The van der Waals surface area contributed by atoms with E-state index < -0.39 is 0 Å². The van der Waals surface area contributed by atoms with Crippen molar-refractivity contribution in [1.29, 1.82) is 0 Å². The Hall–Kier alpha value is -0.0800. The summed E-state index contributed by atoms with van der Waals surface area (Å²) in [5.41, 5.74) is 6.02. The van der Waals surface area contributed by atoms with Crippen LogP contribution in [-0.2, 0) is 0 Å². The van der Waals surface area contributed by atoms with Gasteiger partial charge in [0.15, 0.2) is 0 Å². The third-order valence-electron chi connectivity index (χ3n) is 3.15. The van der Waals surface area contributed by atoms with Crippen LogP contribution in [0.15, 0.2) is 0 Å². The molecule has 1 aliphatic heterocycles. The van der Waals surface area contributed by atoms with E-state index in [2.05, 4.69) is 25.7 Å². The molecule has 0 aromatic rings. The lowest BCUT2D eigenvalue weighted by Crippen LogP contribution is -2.37. The second-order valence-electron chi connectivity index (χ2n) is 5.17. The maximum absolute atomic E-state index is 5.72. The second kappa shape index (κ2) is 4.43. The number of rotatable bonds is 4. The van der Waals surface area contributed by atoms with Crippen LogP contribution >= 0.6 is 0 Å². The van der Waals surface area contributed by atoms with Gasteiger partial charge in [-0.2, -0.15) is 0 Å². The summed E-state index contributed by atoms with van der Waals surface area (Å²) in [6, 6.07) is 0. The van der Waals surface area contributed by atoms with Crippen LogP contribution in [0.5, 0.6) is 0 Å². The van der Waals surface area contributed by atoms with Crippen LogP contribution in [0.25, 0.3) is 0 Å². The molecule has 0 spiro atoms. The number of nitrogens with zero attached hydrogens (tertiary/aromatic N) is 1. The van der Waals surface area contributed by atoms with Gasteiger partial charge >= 0.3 is 0 Å². The highest BCUT2D eigenvalue weighted by Crippen LogP contribution is 2.23. The third kappa shape index (κ3) is 3.28. The zero-order chi connectivity index (χ0) is 9.90. The summed E-state index contributed by atoms with van der Waals surface area (Å²) in [5, 5.41) is 0. The molecule has 0 saturated carbocycles. The Labute approximate surface area is 82.5 Å². The van der Waals surface area contributed by atoms with Gasteiger partial charge in [-0.15, -0.1) is 0 Å². The lowest BCUT2D eigenvalue weighted by Gasteiger charge is -2.28. The average Bonchev–Trinajstić information content (AvgIpc) is 2.52. The van der Waals surface area contributed by atoms with Crippen molar-refractivity contribution in [2.75, 3.05) is 26.2 Å². The maximum atomic E-state index is 5.72. The Morgan fingerprint density at radius 3 is 2.62 bits per heavy atom. The lowest BCUT2D eigenvalue weighted by molar-refractivity contribution is 0.209. The predicted molar refractivity (Wildman–Crippen MR) is 57.7 cm³/mol. The summed E-state index contributed by atoms with van der Waals surface area (Å²) in [6.07, 6.45) is 2.72. The predicted octanol–water partition coefficient (Wildman–Crippen LogP) is 1.70. The average molecular weight is 184 g/mol. The van der Waals surface area contributed by atoms with Crippen molar-refractivity contribution in [3.05, 3.63) is 0 Å². The molecule has 0 radical (unpaired) electrons. The highest BCUT2D eigenvalue weighted by molar-refractivity contribution is 4.80. The molecular weight excluding hydrogens is 160 g/mol. The zero-order valence-corrected chi connectivity index (χ0v) is 9.34. The smallest absolute Gasteiger partial charge is 0.00449 e. The molecule has 0 aliphatic carbocycles. The van der Waals surface area contributed by atoms with E-state index in [1.165, 1.54) is 32.5 Å². The summed E-state index contributed by atoms with van der Waals surface area (Å²) in [7, 11) is 0. The van der Waals surface area contributed by atoms with Gasteiger partial charge in [0, 0.05) is 13.1 Å². The normalized spacial score (nSPS) is 25.4. The van der Waals surface area contributed by atoms with Crippen molar-refractivity contribution in [2.24, 2.45) is 17.1 Å². The molecule has 1 fully saturated rings. The van der Waals surface area contributed by atoms with Crippen molar-refractivity contribution in [2.45, 2.75) is 33.6 Å². The summed E-state index contributed by atoms with van der Waals surface area (Å²) in [5.74, 6) is 0.938. The number of hydrogen-bond acceptors (Lipinski definition) is 2. The quantitative estimate of drug-likeness (QED) is 0.720. The molecule has 13 heavy (non-hydrogen) atoms. The largest absolute Gasteiger partial charge is 0.330 e. The minimum atomic E-state index is 0.294. The fourth-order valence-electron chi connectivity index (χ4n) is 2.06. The van der Waals surface area contributed by atoms with Crippen molar-refractivity contribution in [3.8, 4) is 0 Å². The molecule has 1 saturated heterocycles. The molecule has 1 rings (SSSR count). The van der Waals surface area contributed by atoms with Crippen LogP contribution in [0.1, 0.15) is 33.6 Å². The van der Waals surface area contributed by atoms with Gasteiger partial charge in [0.2, 0.25) is 0 Å². The lowest BCUT2D eigenvalue weighted by atomic mass is 9.93. The summed E-state index contributed by atoms with van der Waals surface area (Å²) in [6.45, 7) is 11.3. The van der Waals surface area contributed by atoms with Crippen LogP contribution in [0.2, 0.25) is 0 Å². The molecule has 2 N–H and O–H groups in total. The molecule has 2 nitrogen and oxygen atoms in total. The van der Waals surface area contributed by atoms with Gasteiger partial charge in [0.1, 0.15) is 0 Å². The van der Waals surface area contributed by atoms with E-state index >= 15 is 0 Å². The molecule has 1 atom stereocenters. The SMILES string of the molecule is CCC1CCN(CC(C)(C)CN)C1. The van der Waals surface area contributed by atoms with Gasteiger partial charge in [0.25, 0.3) is 0 Å². The summed E-state index contributed by atoms with van der Waals surface area (Å²) < 4.78 is 0. The molecule has 1 heterocycles. The van der Waals surface area contributed by atoms with Gasteiger partial charge in [-0.3, -0.25) is 0 Å². The van der Waals surface area contributed by atoms with Crippen molar-refractivity contribution < 1.29 is 0 Å². The number of nitrogens with two attached hydrogens (primary N) is 1. The number of likely N-dealkylation sites (tertiary alicyclic amines) is 1. The van der Waals surface area contributed by atoms with E-state index in [0.717, 1.165) is 12.5 Å². The van der Waals surface area contributed by atoms with Gasteiger partial charge in [-0.05, 0) is 30.8 Å². The maximum Gasteiger partial charge on any atom is 0.00449 e. The Morgan fingerprint density at radius 2 is 2.15 bits per heavy atom. The Balaban J connectivity index is 2.31. The van der Waals surface area contributed by atoms with E-state index in [0.29, 0.717) is 5.41 Å². The molecular formula is C11H24N2. The first-order valence-corrected chi connectivity index (χ1v) is 5.50. The van der Waals surface area contributed by atoms with E-state index in [-0.39, 0.29) is 0 Å². The van der Waals surface area contributed by atoms with E-state index in [1.807, 2.05) is 0 Å². The first kappa shape index (κ1) is 11.0. The van der Waals surface area contributed by atoms with Crippen LogP contribution in [0.4, 0.5) is 0 Å². The molecule has 1 aliphatic rings. The second-order valence-corrected chi connectivity index (χ2v) is 5.17. The van der Waals surface area contributed by atoms with Gasteiger partial charge in [0.05, 0.1) is 0 Å². The third-order valence-corrected chi connectivity index (χ3v) is 3.15. The van der Waals surface area contributed by atoms with Gasteiger partial charge in [-0.1, -0.05) is 27.2 Å². The van der Waals surface area contributed by atoms with Crippen molar-refractivity contribution >= 4 is 0 Å². The Kier molecular flexibility index (Phi) is 3.74.